The van der Waals surface area contributed by atoms with E-state index in [0.717, 1.165) is 10.5 Å². The van der Waals surface area contributed by atoms with E-state index in [1.807, 2.05) is 30.3 Å². The molecule has 0 saturated heterocycles. The Labute approximate surface area is 213 Å². The van der Waals surface area contributed by atoms with E-state index in [4.69, 9.17) is 11.2 Å². The average molecular weight is 494 g/mol. The van der Waals surface area contributed by atoms with Crippen molar-refractivity contribution in [1.82, 2.24) is 15.5 Å². The number of phenols is 1. The summed E-state index contributed by atoms with van der Waals surface area (Å²) in [5, 5.41) is 15.4. The molecule has 3 amide bonds. The standard InChI is InChI=1S/C28H35N3O5/c1-8-31(26(34)23(18(2)3)30-27(35)36-28(5,6)7)24(21-14-15-22(32)19(4)16-21)25(33)29-17-20-12-10-9-11-13-20/h1,9-16,18,23-24,32H,17H2,2-7H3,(H,29,33)(H,30,35). The fourth-order valence-corrected chi connectivity index (χ4v) is 3.51. The van der Waals surface area contributed by atoms with Gasteiger partial charge in [0, 0.05) is 12.6 Å². The maximum absolute atomic E-state index is 13.6. The molecule has 0 saturated carbocycles. The van der Waals surface area contributed by atoms with Gasteiger partial charge in [0.2, 0.25) is 5.91 Å². The second-order valence-electron chi connectivity index (χ2n) is 9.86. The Morgan fingerprint density at radius 2 is 1.75 bits per heavy atom. The van der Waals surface area contributed by atoms with E-state index in [0.29, 0.717) is 11.1 Å². The van der Waals surface area contributed by atoms with E-state index >= 15 is 0 Å². The molecule has 8 nitrogen and oxygen atoms in total. The molecule has 2 aromatic rings. The lowest BCUT2D eigenvalue weighted by molar-refractivity contribution is -0.139. The number of aromatic hydroxyl groups is 1. The van der Waals surface area contributed by atoms with E-state index in [9.17, 15) is 19.5 Å². The zero-order valence-corrected chi connectivity index (χ0v) is 21.7. The summed E-state index contributed by atoms with van der Waals surface area (Å²) in [6, 6.07) is 14.0. The number of phenolic OH excluding ortho intramolecular Hbond substituents is 1. The highest BCUT2D eigenvalue weighted by Crippen LogP contribution is 2.27. The highest BCUT2D eigenvalue weighted by molar-refractivity contribution is 5.93. The van der Waals surface area contributed by atoms with Gasteiger partial charge in [-0.15, -0.1) is 0 Å². The fraction of sp³-hybridized carbons (Fsp3) is 0.393. The summed E-state index contributed by atoms with van der Waals surface area (Å²) in [6.07, 6.45) is 5.01. The first-order valence-corrected chi connectivity index (χ1v) is 11.7. The van der Waals surface area contributed by atoms with Crippen LogP contribution in [0.4, 0.5) is 4.79 Å². The van der Waals surface area contributed by atoms with Crippen molar-refractivity contribution in [3.63, 3.8) is 0 Å². The van der Waals surface area contributed by atoms with Crippen LogP contribution in [0, 0.1) is 25.3 Å². The van der Waals surface area contributed by atoms with Gasteiger partial charge in [-0.3, -0.25) is 14.5 Å². The van der Waals surface area contributed by atoms with Crippen LogP contribution in [0.15, 0.2) is 48.5 Å². The van der Waals surface area contributed by atoms with Gasteiger partial charge in [0.1, 0.15) is 23.4 Å². The van der Waals surface area contributed by atoms with E-state index in [2.05, 4.69) is 16.7 Å². The largest absolute Gasteiger partial charge is 0.508 e. The average Bonchev–Trinajstić information content (AvgIpc) is 2.80. The van der Waals surface area contributed by atoms with Crippen LogP contribution in [0.2, 0.25) is 0 Å². The van der Waals surface area contributed by atoms with Gasteiger partial charge in [-0.1, -0.05) is 56.7 Å². The van der Waals surface area contributed by atoms with Crippen molar-refractivity contribution in [3.05, 3.63) is 65.2 Å². The summed E-state index contributed by atoms with van der Waals surface area (Å²) in [5.74, 6) is -1.44. The molecule has 0 aliphatic heterocycles. The Bertz CT molecular complexity index is 1120. The summed E-state index contributed by atoms with van der Waals surface area (Å²) < 4.78 is 5.31. The molecule has 2 aromatic carbocycles. The maximum Gasteiger partial charge on any atom is 0.408 e. The number of ether oxygens (including phenoxy) is 1. The van der Waals surface area contributed by atoms with Crippen molar-refractivity contribution < 1.29 is 24.2 Å². The molecule has 0 aliphatic rings. The molecule has 2 atom stereocenters. The van der Waals surface area contributed by atoms with Crippen molar-refractivity contribution in [2.24, 2.45) is 5.92 Å². The number of benzene rings is 2. The van der Waals surface area contributed by atoms with Crippen molar-refractivity contribution in [2.75, 3.05) is 0 Å². The number of carbonyl (C=O) groups excluding carboxylic acids is 3. The minimum Gasteiger partial charge on any atom is -0.508 e. The van der Waals surface area contributed by atoms with Gasteiger partial charge in [0.05, 0.1) is 0 Å². The van der Waals surface area contributed by atoms with Crippen molar-refractivity contribution in [3.8, 4) is 18.2 Å². The number of hydrogen-bond donors (Lipinski definition) is 3. The van der Waals surface area contributed by atoms with Gasteiger partial charge >= 0.3 is 6.09 Å². The Balaban J connectivity index is 2.41. The predicted octanol–water partition coefficient (Wildman–Crippen LogP) is 4.03. The van der Waals surface area contributed by atoms with Crippen LogP contribution in [0.3, 0.4) is 0 Å². The molecule has 0 bridgehead atoms. The molecule has 0 fully saturated rings. The van der Waals surface area contributed by atoms with Gasteiger partial charge < -0.3 is 20.5 Å². The third-order valence-electron chi connectivity index (χ3n) is 5.33. The molecule has 0 aliphatic carbocycles. The molecule has 3 N–H and O–H groups in total. The Kier molecular flexibility index (Phi) is 9.51. The van der Waals surface area contributed by atoms with Crippen LogP contribution >= 0.6 is 0 Å². The summed E-state index contributed by atoms with van der Waals surface area (Å²) in [5.41, 5.74) is 1.05. The first-order chi connectivity index (χ1) is 16.8. The second kappa shape index (κ2) is 12.1. The number of nitrogens with zero attached hydrogens (tertiary/aromatic N) is 1. The lowest BCUT2D eigenvalue weighted by Gasteiger charge is -2.32. The fourth-order valence-electron chi connectivity index (χ4n) is 3.51. The van der Waals surface area contributed by atoms with Crippen LogP contribution in [-0.2, 0) is 20.9 Å². The van der Waals surface area contributed by atoms with Crippen molar-refractivity contribution in [2.45, 2.75) is 65.8 Å². The number of nitrogens with one attached hydrogen (secondary N) is 2. The molecular weight excluding hydrogens is 458 g/mol. The second-order valence-corrected chi connectivity index (χ2v) is 9.86. The summed E-state index contributed by atoms with van der Waals surface area (Å²) in [7, 11) is 0. The number of amides is 3. The lowest BCUT2D eigenvalue weighted by atomic mass is 9.98. The minimum atomic E-state index is -1.20. The van der Waals surface area contributed by atoms with E-state index in [-0.39, 0.29) is 18.2 Å². The first-order valence-electron chi connectivity index (χ1n) is 11.7. The summed E-state index contributed by atoms with van der Waals surface area (Å²) in [6.45, 7) is 10.6. The van der Waals surface area contributed by atoms with Gasteiger partial charge in [0.25, 0.3) is 5.91 Å². The van der Waals surface area contributed by atoms with Gasteiger partial charge in [-0.05, 0) is 62.4 Å². The monoisotopic (exact) mass is 493 g/mol. The number of aryl methyl sites for hydroxylation is 1. The molecule has 2 rings (SSSR count). The number of rotatable bonds is 8. The molecule has 0 spiro atoms. The Morgan fingerprint density at radius 3 is 2.28 bits per heavy atom. The van der Waals surface area contributed by atoms with Crippen LogP contribution < -0.4 is 10.6 Å². The molecule has 0 heterocycles. The van der Waals surface area contributed by atoms with Gasteiger partial charge in [-0.2, -0.15) is 0 Å². The molecule has 192 valence electrons. The number of hydrogen-bond acceptors (Lipinski definition) is 5. The van der Waals surface area contributed by atoms with Crippen molar-refractivity contribution >= 4 is 17.9 Å². The third-order valence-corrected chi connectivity index (χ3v) is 5.33. The predicted molar refractivity (Wildman–Crippen MR) is 138 cm³/mol. The zero-order valence-electron chi connectivity index (χ0n) is 21.7. The molecule has 8 heteroatoms. The molecule has 0 aromatic heterocycles. The molecule has 36 heavy (non-hydrogen) atoms. The zero-order chi connectivity index (χ0) is 27.0. The molecule has 0 radical (unpaired) electrons. The smallest absolute Gasteiger partial charge is 0.408 e. The summed E-state index contributed by atoms with van der Waals surface area (Å²) >= 11 is 0. The molecule has 2 unspecified atom stereocenters. The van der Waals surface area contributed by atoms with Crippen molar-refractivity contribution in [1.29, 1.82) is 0 Å². The first kappa shape index (κ1) is 28.2. The SMILES string of the molecule is C#CN(C(=O)C(NC(=O)OC(C)(C)C)C(C)C)C(C(=O)NCc1ccccc1)c1ccc(O)c(C)c1. The highest BCUT2D eigenvalue weighted by atomic mass is 16.6. The van der Waals surface area contributed by atoms with Crippen LogP contribution in [-0.4, -0.2) is 39.6 Å². The molecular formula is C28H35N3O5. The summed E-state index contributed by atoms with van der Waals surface area (Å²) in [4.78, 5) is 40.5. The van der Waals surface area contributed by atoms with E-state index < -0.39 is 35.6 Å². The Morgan fingerprint density at radius 1 is 1.11 bits per heavy atom. The number of terminal acetylenes is 1. The van der Waals surface area contributed by atoms with Crippen LogP contribution in [0.5, 0.6) is 5.75 Å². The number of carbonyl (C=O) groups is 3. The third kappa shape index (κ3) is 7.77. The van der Waals surface area contributed by atoms with Gasteiger partial charge in [-0.25, -0.2) is 4.79 Å². The lowest BCUT2D eigenvalue weighted by Crippen LogP contribution is -2.53. The Hall–Kier alpha value is -3.99. The van der Waals surface area contributed by atoms with Crippen LogP contribution in [0.1, 0.15) is 57.4 Å². The number of alkyl carbamates (subject to hydrolysis) is 1. The van der Waals surface area contributed by atoms with Gasteiger partial charge in [0.15, 0.2) is 0 Å². The van der Waals surface area contributed by atoms with E-state index in [1.54, 1.807) is 53.7 Å². The minimum absolute atomic E-state index is 0.0485. The van der Waals surface area contributed by atoms with Crippen LogP contribution in [0.25, 0.3) is 0 Å². The normalized spacial score (nSPS) is 12.7. The topological polar surface area (TPSA) is 108 Å². The van der Waals surface area contributed by atoms with E-state index in [1.165, 1.54) is 6.07 Å². The maximum atomic E-state index is 13.6. The quantitative estimate of drug-likeness (QED) is 0.380. The highest BCUT2D eigenvalue weighted by Gasteiger charge is 2.37.